The van der Waals surface area contributed by atoms with Crippen molar-refractivity contribution in [3.05, 3.63) is 28.2 Å². The molecule has 0 aliphatic carbocycles. The molecule has 1 aromatic carbocycles. The van der Waals surface area contributed by atoms with Gasteiger partial charge in [-0.05, 0) is 34.3 Å². The molecule has 96 valence electrons. The van der Waals surface area contributed by atoms with Gasteiger partial charge in [-0.25, -0.2) is 4.79 Å². The molecular formula is C13H14BrNO3. The molecule has 1 N–H and O–H groups in total. The van der Waals surface area contributed by atoms with Crippen LogP contribution in [0.2, 0.25) is 0 Å². The molecule has 0 spiro atoms. The predicted octanol–water partition coefficient (Wildman–Crippen LogP) is 2.93. The summed E-state index contributed by atoms with van der Waals surface area (Å²) in [5, 5.41) is 9.12. The molecule has 18 heavy (non-hydrogen) atoms. The van der Waals surface area contributed by atoms with Gasteiger partial charge >= 0.3 is 6.09 Å². The smallest absolute Gasteiger partial charge is 0.407 e. The van der Waals surface area contributed by atoms with Gasteiger partial charge < -0.3 is 14.7 Å². The first-order valence-electron chi connectivity index (χ1n) is 6.06. The van der Waals surface area contributed by atoms with Crippen LogP contribution in [0.5, 0.6) is 5.75 Å². The number of halogens is 1. The minimum absolute atomic E-state index is 0.260. The zero-order chi connectivity index (χ0) is 12.7. The third-order valence-corrected chi connectivity index (χ3v) is 4.47. The summed E-state index contributed by atoms with van der Waals surface area (Å²) in [7, 11) is 0. The monoisotopic (exact) mass is 311 g/mol. The minimum Gasteiger partial charge on any atom is -0.492 e. The predicted molar refractivity (Wildman–Crippen MR) is 70.1 cm³/mol. The quantitative estimate of drug-likeness (QED) is 0.801. The van der Waals surface area contributed by atoms with E-state index in [1.54, 1.807) is 0 Å². The third-order valence-electron chi connectivity index (χ3n) is 3.84. The number of hydrogen-bond donors (Lipinski definition) is 1. The summed E-state index contributed by atoms with van der Waals surface area (Å²) in [5.74, 6) is 1.52. The van der Waals surface area contributed by atoms with Gasteiger partial charge in [-0.3, -0.25) is 0 Å². The van der Waals surface area contributed by atoms with Crippen molar-refractivity contribution in [1.29, 1.82) is 0 Å². The number of amides is 1. The van der Waals surface area contributed by atoms with Gasteiger partial charge in [0.05, 0.1) is 11.1 Å². The molecule has 0 saturated carbocycles. The van der Waals surface area contributed by atoms with Gasteiger partial charge in [0.25, 0.3) is 0 Å². The van der Waals surface area contributed by atoms with Crippen molar-refractivity contribution in [2.75, 3.05) is 19.7 Å². The van der Waals surface area contributed by atoms with E-state index < -0.39 is 6.09 Å². The van der Waals surface area contributed by atoms with Gasteiger partial charge in [-0.2, -0.15) is 0 Å². The number of hydrogen-bond acceptors (Lipinski definition) is 2. The number of likely N-dealkylation sites (tertiary alicyclic amines) is 1. The molecule has 2 unspecified atom stereocenters. The van der Waals surface area contributed by atoms with Crippen LogP contribution in [0.25, 0.3) is 0 Å². The molecule has 2 aliphatic heterocycles. The summed E-state index contributed by atoms with van der Waals surface area (Å²) in [6, 6.07) is 6.00. The van der Waals surface area contributed by atoms with Crippen molar-refractivity contribution in [3.8, 4) is 5.75 Å². The fourth-order valence-corrected chi connectivity index (χ4v) is 3.45. The lowest BCUT2D eigenvalue weighted by Gasteiger charge is -2.16. The fraction of sp³-hybridized carbons (Fsp3) is 0.462. The summed E-state index contributed by atoms with van der Waals surface area (Å²) in [6.07, 6.45) is 0.0933. The van der Waals surface area contributed by atoms with E-state index in [4.69, 9.17) is 9.84 Å². The van der Waals surface area contributed by atoms with E-state index in [1.165, 1.54) is 4.90 Å². The van der Waals surface area contributed by atoms with Crippen LogP contribution in [0.4, 0.5) is 4.79 Å². The highest BCUT2D eigenvalue weighted by atomic mass is 79.9. The van der Waals surface area contributed by atoms with E-state index >= 15 is 0 Å². The Morgan fingerprint density at radius 2 is 2.28 bits per heavy atom. The molecule has 0 bridgehead atoms. The Balaban J connectivity index is 1.99. The third kappa shape index (κ3) is 1.86. The van der Waals surface area contributed by atoms with E-state index in [1.807, 2.05) is 12.1 Å². The van der Waals surface area contributed by atoms with Crippen LogP contribution >= 0.6 is 15.9 Å². The number of rotatable bonds is 0. The largest absolute Gasteiger partial charge is 0.492 e. The lowest BCUT2D eigenvalue weighted by molar-refractivity contribution is 0.152. The maximum Gasteiger partial charge on any atom is 0.407 e. The Kier molecular flexibility index (Phi) is 2.93. The standard InChI is InChI=1S/C13H14BrNO3/c14-11-3-1-2-9-10-7-15(13(16)17)6-8(10)4-5-18-12(9)11/h1-3,8,10H,4-7H2,(H,16,17). The normalized spacial score (nSPS) is 25.9. The van der Waals surface area contributed by atoms with E-state index in [0.717, 1.165) is 22.2 Å². The van der Waals surface area contributed by atoms with Crippen molar-refractivity contribution in [1.82, 2.24) is 4.90 Å². The van der Waals surface area contributed by atoms with Crippen molar-refractivity contribution in [3.63, 3.8) is 0 Å². The average molecular weight is 312 g/mol. The van der Waals surface area contributed by atoms with Crippen molar-refractivity contribution < 1.29 is 14.6 Å². The molecule has 0 radical (unpaired) electrons. The Morgan fingerprint density at radius 3 is 3.06 bits per heavy atom. The van der Waals surface area contributed by atoms with Crippen LogP contribution < -0.4 is 4.74 Å². The van der Waals surface area contributed by atoms with Crippen molar-refractivity contribution in [2.45, 2.75) is 12.3 Å². The van der Waals surface area contributed by atoms with Crippen molar-refractivity contribution in [2.24, 2.45) is 5.92 Å². The first kappa shape index (κ1) is 11.8. The number of nitrogens with zero attached hydrogens (tertiary/aromatic N) is 1. The SMILES string of the molecule is O=C(O)N1CC2CCOc3c(Br)cccc3C2C1. The van der Waals surface area contributed by atoms with Crippen LogP contribution in [0.1, 0.15) is 17.9 Å². The summed E-state index contributed by atoms with van der Waals surface area (Å²) in [4.78, 5) is 12.6. The minimum atomic E-state index is -0.819. The number of para-hydroxylation sites is 1. The van der Waals surface area contributed by atoms with Crippen LogP contribution in [-0.2, 0) is 0 Å². The van der Waals surface area contributed by atoms with Crippen LogP contribution in [0, 0.1) is 5.92 Å². The molecule has 3 rings (SSSR count). The zero-order valence-corrected chi connectivity index (χ0v) is 11.4. The molecule has 2 atom stereocenters. The second-order valence-corrected chi connectivity index (χ2v) is 5.70. The van der Waals surface area contributed by atoms with Gasteiger partial charge in [0.2, 0.25) is 0 Å². The fourth-order valence-electron chi connectivity index (χ4n) is 2.95. The molecule has 2 heterocycles. The highest BCUT2D eigenvalue weighted by Gasteiger charge is 2.39. The molecule has 5 heteroatoms. The van der Waals surface area contributed by atoms with E-state index in [9.17, 15) is 4.79 Å². The van der Waals surface area contributed by atoms with Gasteiger partial charge in [0.15, 0.2) is 0 Å². The zero-order valence-electron chi connectivity index (χ0n) is 9.80. The van der Waals surface area contributed by atoms with E-state index in [-0.39, 0.29) is 5.92 Å². The highest BCUT2D eigenvalue weighted by molar-refractivity contribution is 9.10. The molecule has 1 fully saturated rings. The van der Waals surface area contributed by atoms with Gasteiger partial charge in [0.1, 0.15) is 5.75 Å². The molecule has 4 nitrogen and oxygen atoms in total. The summed E-state index contributed by atoms with van der Waals surface area (Å²) in [5.41, 5.74) is 1.13. The van der Waals surface area contributed by atoms with Gasteiger partial charge in [0, 0.05) is 24.6 Å². The number of benzene rings is 1. The van der Waals surface area contributed by atoms with Crippen molar-refractivity contribution >= 4 is 22.0 Å². The number of carboxylic acid groups (broad SMARTS) is 1. The van der Waals surface area contributed by atoms with E-state index in [2.05, 4.69) is 22.0 Å². The van der Waals surface area contributed by atoms with Crippen LogP contribution in [-0.4, -0.2) is 35.8 Å². The topological polar surface area (TPSA) is 49.8 Å². The molecule has 1 aromatic rings. The second kappa shape index (κ2) is 4.46. The first-order chi connectivity index (χ1) is 8.66. The maximum absolute atomic E-state index is 11.1. The number of fused-ring (bicyclic) bond motifs is 3. The average Bonchev–Trinajstić information content (AvgIpc) is 2.68. The number of carbonyl (C=O) groups is 1. The molecular weight excluding hydrogens is 298 g/mol. The van der Waals surface area contributed by atoms with Crippen LogP contribution in [0.3, 0.4) is 0 Å². The summed E-state index contributed by atoms with van der Waals surface area (Å²) < 4.78 is 6.75. The Labute approximate surface area is 114 Å². The second-order valence-electron chi connectivity index (χ2n) is 4.85. The highest BCUT2D eigenvalue weighted by Crippen LogP contribution is 2.44. The Bertz CT molecular complexity index is 491. The Hall–Kier alpha value is -1.23. The van der Waals surface area contributed by atoms with Gasteiger partial charge in [-0.1, -0.05) is 12.1 Å². The lowest BCUT2D eigenvalue weighted by Crippen LogP contribution is -2.27. The van der Waals surface area contributed by atoms with E-state index in [0.29, 0.717) is 25.6 Å². The molecule has 1 amide bonds. The summed E-state index contributed by atoms with van der Waals surface area (Å²) in [6.45, 7) is 1.85. The van der Waals surface area contributed by atoms with Gasteiger partial charge in [-0.15, -0.1) is 0 Å². The first-order valence-corrected chi connectivity index (χ1v) is 6.85. The lowest BCUT2D eigenvalue weighted by atomic mass is 9.87. The molecule has 0 aromatic heterocycles. The Morgan fingerprint density at radius 1 is 1.44 bits per heavy atom. The molecule has 1 saturated heterocycles. The number of ether oxygens (including phenoxy) is 1. The maximum atomic E-state index is 11.1. The van der Waals surface area contributed by atoms with Crippen LogP contribution in [0.15, 0.2) is 22.7 Å². The molecule has 2 aliphatic rings. The summed E-state index contributed by atoms with van der Waals surface area (Å²) >= 11 is 3.50.